The first kappa shape index (κ1) is 13.6. The van der Waals surface area contributed by atoms with Gasteiger partial charge in [0.05, 0.1) is 0 Å². The highest BCUT2D eigenvalue weighted by molar-refractivity contribution is 6.30. The predicted octanol–water partition coefficient (Wildman–Crippen LogP) is 4.91. The standard InChI is InChI=1S/C14H13ClF2N2/c1-8-2-3-9(15)6-13(8)19-12-5-4-10(18)7-11(12)14(16)17/h2-7,14,19H,18H2,1H3. The average molecular weight is 283 g/mol. The molecule has 2 aromatic rings. The maximum absolute atomic E-state index is 13.0. The molecule has 0 unspecified atom stereocenters. The Hall–Kier alpha value is -1.81. The van der Waals surface area contributed by atoms with Crippen LogP contribution < -0.4 is 11.1 Å². The van der Waals surface area contributed by atoms with E-state index in [1.165, 1.54) is 12.1 Å². The minimum absolute atomic E-state index is 0.126. The van der Waals surface area contributed by atoms with Crippen molar-refractivity contribution in [2.45, 2.75) is 13.3 Å². The van der Waals surface area contributed by atoms with Crippen LogP contribution in [0.3, 0.4) is 0 Å². The molecule has 0 aliphatic carbocycles. The lowest BCUT2D eigenvalue weighted by Gasteiger charge is -2.14. The van der Waals surface area contributed by atoms with Gasteiger partial charge in [0, 0.05) is 27.6 Å². The molecule has 0 aliphatic heterocycles. The van der Waals surface area contributed by atoms with Gasteiger partial charge in [0.1, 0.15) is 0 Å². The molecule has 3 N–H and O–H groups in total. The third-order valence-electron chi connectivity index (χ3n) is 2.78. The Labute approximate surface area is 115 Å². The molecule has 0 saturated carbocycles. The highest BCUT2D eigenvalue weighted by Gasteiger charge is 2.14. The number of hydrogen-bond donors (Lipinski definition) is 2. The monoisotopic (exact) mass is 282 g/mol. The van der Waals surface area contributed by atoms with E-state index in [9.17, 15) is 8.78 Å². The fourth-order valence-electron chi connectivity index (χ4n) is 1.75. The Balaban J connectivity index is 2.40. The molecule has 0 atom stereocenters. The topological polar surface area (TPSA) is 38.0 Å². The van der Waals surface area contributed by atoms with Crippen molar-refractivity contribution >= 4 is 28.7 Å². The van der Waals surface area contributed by atoms with Crippen LogP contribution in [0.15, 0.2) is 36.4 Å². The van der Waals surface area contributed by atoms with Crippen molar-refractivity contribution in [3.05, 3.63) is 52.5 Å². The van der Waals surface area contributed by atoms with Crippen molar-refractivity contribution in [2.24, 2.45) is 0 Å². The number of nitrogen functional groups attached to an aromatic ring is 1. The lowest BCUT2D eigenvalue weighted by atomic mass is 10.1. The van der Waals surface area contributed by atoms with Crippen molar-refractivity contribution in [1.29, 1.82) is 0 Å². The Morgan fingerprint density at radius 3 is 2.53 bits per heavy atom. The lowest BCUT2D eigenvalue weighted by Crippen LogP contribution is -1.99. The van der Waals surface area contributed by atoms with Gasteiger partial charge < -0.3 is 11.1 Å². The highest BCUT2D eigenvalue weighted by Crippen LogP contribution is 2.32. The number of rotatable bonds is 3. The molecule has 2 rings (SSSR count). The summed E-state index contributed by atoms with van der Waals surface area (Å²) in [5.41, 5.74) is 7.65. The van der Waals surface area contributed by atoms with Crippen LogP contribution in [0.1, 0.15) is 17.6 Å². The van der Waals surface area contributed by atoms with Gasteiger partial charge in [0.25, 0.3) is 6.43 Å². The second-order valence-electron chi connectivity index (χ2n) is 4.23. The third-order valence-corrected chi connectivity index (χ3v) is 3.01. The first-order valence-electron chi connectivity index (χ1n) is 5.68. The van der Waals surface area contributed by atoms with Crippen LogP contribution in [0, 0.1) is 6.92 Å². The molecular weight excluding hydrogens is 270 g/mol. The number of aryl methyl sites for hydroxylation is 1. The molecule has 2 aromatic carbocycles. The zero-order valence-electron chi connectivity index (χ0n) is 10.3. The first-order valence-corrected chi connectivity index (χ1v) is 6.06. The van der Waals surface area contributed by atoms with Gasteiger partial charge in [0.2, 0.25) is 0 Å². The minimum Gasteiger partial charge on any atom is -0.399 e. The zero-order chi connectivity index (χ0) is 14.0. The van der Waals surface area contributed by atoms with E-state index in [0.29, 0.717) is 22.1 Å². The summed E-state index contributed by atoms with van der Waals surface area (Å²) in [5, 5.41) is 3.51. The van der Waals surface area contributed by atoms with E-state index in [2.05, 4.69) is 5.32 Å². The minimum atomic E-state index is -2.59. The predicted molar refractivity (Wildman–Crippen MR) is 75.3 cm³/mol. The molecule has 100 valence electrons. The average Bonchev–Trinajstić information content (AvgIpc) is 2.35. The van der Waals surface area contributed by atoms with Crippen molar-refractivity contribution in [3.8, 4) is 0 Å². The van der Waals surface area contributed by atoms with Crippen LogP contribution >= 0.6 is 11.6 Å². The quantitative estimate of drug-likeness (QED) is 0.785. The molecule has 0 aliphatic rings. The van der Waals surface area contributed by atoms with Gasteiger partial charge in [-0.1, -0.05) is 17.7 Å². The Morgan fingerprint density at radius 2 is 1.84 bits per heavy atom. The molecule has 5 heteroatoms. The normalized spacial score (nSPS) is 10.8. The number of halogens is 3. The molecule has 0 aromatic heterocycles. The van der Waals surface area contributed by atoms with Crippen molar-refractivity contribution in [1.82, 2.24) is 0 Å². The summed E-state index contributed by atoms with van der Waals surface area (Å²) >= 11 is 5.90. The van der Waals surface area contributed by atoms with Crippen molar-refractivity contribution in [3.63, 3.8) is 0 Å². The summed E-state index contributed by atoms with van der Waals surface area (Å²) in [5.74, 6) is 0. The van der Waals surface area contributed by atoms with E-state index in [1.807, 2.05) is 13.0 Å². The van der Waals surface area contributed by atoms with Crippen LogP contribution in [-0.4, -0.2) is 0 Å². The van der Waals surface area contributed by atoms with E-state index in [-0.39, 0.29) is 5.56 Å². The van der Waals surface area contributed by atoms with Crippen LogP contribution in [0.25, 0.3) is 0 Å². The van der Waals surface area contributed by atoms with Crippen molar-refractivity contribution < 1.29 is 8.78 Å². The number of nitrogens with one attached hydrogen (secondary N) is 1. The van der Waals surface area contributed by atoms with E-state index < -0.39 is 6.43 Å². The van der Waals surface area contributed by atoms with Gasteiger partial charge in [-0.15, -0.1) is 0 Å². The molecule has 2 nitrogen and oxygen atoms in total. The molecule has 0 heterocycles. The number of alkyl halides is 2. The van der Waals surface area contributed by atoms with E-state index in [4.69, 9.17) is 17.3 Å². The zero-order valence-corrected chi connectivity index (χ0v) is 11.0. The number of benzene rings is 2. The Kier molecular flexibility index (Phi) is 3.90. The van der Waals surface area contributed by atoms with E-state index >= 15 is 0 Å². The maximum Gasteiger partial charge on any atom is 0.265 e. The molecule has 0 fully saturated rings. The molecule has 0 saturated heterocycles. The Bertz CT molecular complexity index is 600. The first-order chi connectivity index (χ1) is 8.97. The third kappa shape index (κ3) is 3.15. The SMILES string of the molecule is Cc1ccc(Cl)cc1Nc1ccc(N)cc1C(F)F. The molecule has 0 spiro atoms. The van der Waals surface area contributed by atoms with Crippen LogP contribution in [-0.2, 0) is 0 Å². The molecule has 19 heavy (non-hydrogen) atoms. The lowest BCUT2D eigenvalue weighted by molar-refractivity contribution is 0.152. The fraction of sp³-hybridized carbons (Fsp3) is 0.143. The number of nitrogens with two attached hydrogens (primary N) is 1. The summed E-state index contributed by atoms with van der Waals surface area (Å²) in [6.07, 6.45) is -2.59. The van der Waals surface area contributed by atoms with E-state index in [1.54, 1.807) is 18.2 Å². The summed E-state index contributed by atoms with van der Waals surface area (Å²) in [4.78, 5) is 0. The second-order valence-corrected chi connectivity index (χ2v) is 4.67. The maximum atomic E-state index is 13.0. The summed E-state index contributed by atoms with van der Waals surface area (Å²) in [6, 6.07) is 9.66. The highest BCUT2D eigenvalue weighted by atomic mass is 35.5. The summed E-state index contributed by atoms with van der Waals surface area (Å²) < 4.78 is 25.9. The Morgan fingerprint density at radius 1 is 1.11 bits per heavy atom. The number of anilines is 3. The van der Waals surface area contributed by atoms with Crippen molar-refractivity contribution in [2.75, 3.05) is 11.1 Å². The fourth-order valence-corrected chi connectivity index (χ4v) is 1.92. The molecule has 0 radical (unpaired) electrons. The van der Waals surface area contributed by atoms with Gasteiger partial charge in [-0.25, -0.2) is 8.78 Å². The van der Waals surface area contributed by atoms with E-state index in [0.717, 1.165) is 5.56 Å². The number of hydrogen-bond acceptors (Lipinski definition) is 2. The van der Waals surface area contributed by atoms with Gasteiger partial charge in [0.15, 0.2) is 0 Å². The van der Waals surface area contributed by atoms with Crippen LogP contribution in [0.2, 0.25) is 5.02 Å². The summed E-state index contributed by atoms with van der Waals surface area (Å²) in [6.45, 7) is 1.87. The van der Waals surface area contributed by atoms with Gasteiger partial charge in [-0.2, -0.15) is 0 Å². The van der Waals surface area contributed by atoms with Crippen LogP contribution in [0.4, 0.5) is 25.8 Å². The van der Waals surface area contributed by atoms with Crippen LogP contribution in [0.5, 0.6) is 0 Å². The molecular formula is C14H13ClF2N2. The van der Waals surface area contributed by atoms with Gasteiger partial charge >= 0.3 is 0 Å². The largest absolute Gasteiger partial charge is 0.399 e. The molecule has 0 bridgehead atoms. The smallest absolute Gasteiger partial charge is 0.265 e. The summed E-state index contributed by atoms with van der Waals surface area (Å²) in [7, 11) is 0. The molecule has 0 amide bonds. The van der Waals surface area contributed by atoms with Gasteiger partial charge in [-0.3, -0.25) is 0 Å². The second kappa shape index (κ2) is 5.45. The van der Waals surface area contributed by atoms with Gasteiger partial charge in [-0.05, 0) is 42.8 Å².